The Bertz CT molecular complexity index is 3220. The first-order chi connectivity index (χ1) is 29.3. The van der Waals surface area contributed by atoms with Crippen molar-refractivity contribution in [3.05, 3.63) is 237 Å². The van der Waals surface area contributed by atoms with Gasteiger partial charge in [0, 0.05) is 50.6 Å². The molecule has 0 saturated carbocycles. The van der Waals surface area contributed by atoms with E-state index in [1.807, 2.05) is 0 Å². The van der Waals surface area contributed by atoms with Crippen LogP contribution in [0.3, 0.4) is 0 Å². The molecule has 3 heteroatoms. The number of para-hydroxylation sites is 5. The molecule has 11 aromatic rings. The topological polar surface area (TPSA) is 11.4 Å². The van der Waals surface area contributed by atoms with Crippen LogP contribution in [0.1, 0.15) is 0 Å². The van der Waals surface area contributed by atoms with Gasteiger partial charge in [-0.2, -0.15) is 0 Å². The normalized spacial score (nSPS) is 11.4. The summed E-state index contributed by atoms with van der Waals surface area (Å²) in [6, 6.07) is 85.5. The number of fused-ring (bicyclic) bond motifs is 6. The van der Waals surface area contributed by atoms with Crippen molar-refractivity contribution in [1.82, 2.24) is 4.57 Å². The minimum Gasteiger partial charge on any atom is -0.310 e. The monoisotopic (exact) mass is 753 g/mol. The second-order valence-electron chi connectivity index (χ2n) is 15.0. The van der Waals surface area contributed by atoms with Crippen molar-refractivity contribution in [2.45, 2.75) is 0 Å². The van der Waals surface area contributed by atoms with Crippen molar-refractivity contribution in [3.8, 4) is 16.8 Å². The number of rotatable bonds is 8. The van der Waals surface area contributed by atoms with Crippen molar-refractivity contribution in [3.63, 3.8) is 0 Å². The highest BCUT2D eigenvalue weighted by Crippen LogP contribution is 2.46. The maximum absolute atomic E-state index is 2.42. The van der Waals surface area contributed by atoms with E-state index in [0.717, 1.165) is 45.4 Å². The van der Waals surface area contributed by atoms with Crippen LogP contribution in [-0.2, 0) is 0 Å². The van der Waals surface area contributed by atoms with Crippen molar-refractivity contribution in [2.24, 2.45) is 0 Å². The molecule has 1 aromatic heterocycles. The van der Waals surface area contributed by atoms with Gasteiger partial charge in [0.2, 0.25) is 0 Å². The molecule has 0 N–H and O–H groups in total. The first-order valence-electron chi connectivity index (χ1n) is 20.2. The van der Waals surface area contributed by atoms with Gasteiger partial charge in [-0.25, -0.2) is 0 Å². The van der Waals surface area contributed by atoms with Gasteiger partial charge in [0.15, 0.2) is 0 Å². The predicted octanol–water partition coefficient (Wildman–Crippen LogP) is 15.7. The number of benzene rings is 10. The number of anilines is 6. The highest BCUT2D eigenvalue weighted by atomic mass is 15.2. The molecule has 0 aliphatic heterocycles. The second-order valence-corrected chi connectivity index (χ2v) is 15.0. The Labute approximate surface area is 343 Å². The molecule has 0 spiro atoms. The number of hydrogen-bond acceptors (Lipinski definition) is 2. The van der Waals surface area contributed by atoms with Crippen LogP contribution >= 0.6 is 0 Å². The van der Waals surface area contributed by atoms with Gasteiger partial charge in [0.1, 0.15) is 0 Å². The summed E-state index contributed by atoms with van der Waals surface area (Å²) in [7, 11) is 0. The third kappa shape index (κ3) is 6.08. The summed E-state index contributed by atoms with van der Waals surface area (Å²) in [5.74, 6) is 0. The van der Waals surface area contributed by atoms with Crippen LogP contribution in [0.5, 0.6) is 0 Å². The molecular weight excluding hydrogens is 715 g/mol. The average Bonchev–Trinajstić information content (AvgIpc) is 3.64. The summed E-state index contributed by atoms with van der Waals surface area (Å²) in [6.45, 7) is 0. The maximum atomic E-state index is 2.42. The van der Waals surface area contributed by atoms with E-state index >= 15 is 0 Å². The van der Waals surface area contributed by atoms with Crippen LogP contribution in [0.25, 0.3) is 60.2 Å². The van der Waals surface area contributed by atoms with E-state index in [2.05, 4.69) is 251 Å². The Morgan fingerprint density at radius 1 is 0.271 bits per heavy atom. The zero-order chi connectivity index (χ0) is 39.1. The first-order valence-corrected chi connectivity index (χ1v) is 20.2. The number of hydrogen-bond donors (Lipinski definition) is 0. The minimum absolute atomic E-state index is 1.06. The van der Waals surface area contributed by atoms with Crippen molar-refractivity contribution < 1.29 is 0 Å². The zero-order valence-corrected chi connectivity index (χ0v) is 32.4. The summed E-state index contributed by atoms with van der Waals surface area (Å²) in [5.41, 5.74) is 12.3. The molecule has 59 heavy (non-hydrogen) atoms. The van der Waals surface area contributed by atoms with Gasteiger partial charge >= 0.3 is 0 Å². The molecule has 0 aliphatic carbocycles. The van der Waals surface area contributed by atoms with E-state index in [-0.39, 0.29) is 0 Å². The molecule has 0 radical (unpaired) electrons. The minimum atomic E-state index is 1.06. The molecule has 278 valence electrons. The summed E-state index contributed by atoms with van der Waals surface area (Å²) in [6.07, 6.45) is 0. The van der Waals surface area contributed by atoms with Crippen molar-refractivity contribution in [1.29, 1.82) is 0 Å². The molecule has 0 saturated heterocycles. The van der Waals surface area contributed by atoms with Crippen molar-refractivity contribution in [2.75, 3.05) is 9.80 Å². The Morgan fingerprint density at radius 3 is 1.37 bits per heavy atom. The van der Waals surface area contributed by atoms with Gasteiger partial charge in [-0.3, -0.25) is 0 Å². The lowest BCUT2D eigenvalue weighted by Crippen LogP contribution is -2.13. The summed E-state index contributed by atoms with van der Waals surface area (Å²) >= 11 is 0. The Kier molecular flexibility index (Phi) is 8.49. The largest absolute Gasteiger partial charge is 0.310 e. The summed E-state index contributed by atoms with van der Waals surface area (Å²) in [5, 5.41) is 7.37. The smallest absolute Gasteiger partial charge is 0.0542 e. The van der Waals surface area contributed by atoms with Crippen LogP contribution in [0, 0.1) is 0 Å². The van der Waals surface area contributed by atoms with E-state index in [9.17, 15) is 0 Å². The zero-order valence-electron chi connectivity index (χ0n) is 32.4. The van der Waals surface area contributed by atoms with Crippen LogP contribution in [0.4, 0.5) is 34.1 Å². The fourth-order valence-electron chi connectivity index (χ4n) is 8.88. The fraction of sp³-hybridized carbons (Fsp3) is 0. The van der Waals surface area contributed by atoms with Crippen LogP contribution < -0.4 is 9.80 Å². The molecule has 0 fully saturated rings. The third-order valence-electron chi connectivity index (χ3n) is 11.5. The molecule has 1 heterocycles. The average molecular weight is 754 g/mol. The standard InChI is InChI=1S/C56H39N3/c1-5-20-42(21-6-1)57(43-22-7-2-8-23-43)47-35-41(53-37-40-19-13-14-28-49(40)50-29-15-16-30-51(50)53)36-48(38-47)58(44-24-9-3-10-25-44)46-33-34-56-54(39-46)52-31-17-18-32-55(52)59(56)45-26-11-4-12-27-45/h1-39H. The number of nitrogens with zero attached hydrogens (tertiary/aromatic N) is 3. The van der Waals surface area contributed by atoms with Crippen LogP contribution in [0.2, 0.25) is 0 Å². The second kappa shape index (κ2) is 14.6. The van der Waals surface area contributed by atoms with E-state index < -0.39 is 0 Å². The van der Waals surface area contributed by atoms with Gasteiger partial charge < -0.3 is 14.4 Å². The van der Waals surface area contributed by atoms with Gasteiger partial charge in [-0.1, -0.05) is 140 Å². The van der Waals surface area contributed by atoms with E-state index in [1.165, 1.54) is 48.9 Å². The summed E-state index contributed by atoms with van der Waals surface area (Å²) in [4.78, 5) is 4.79. The van der Waals surface area contributed by atoms with Gasteiger partial charge in [0.05, 0.1) is 11.0 Å². The van der Waals surface area contributed by atoms with Crippen LogP contribution in [0.15, 0.2) is 237 Å². The van der Waals surface area contributed by atoms with Gasteiger partial charge in [0.25, 0.3) is 0 Å². The highest BCUT2D eigenvalue weighted by Gasteiger charge is 2.22. The highest BCUT2D eigenvalue weighted by molar-refractivity contribution is 6.14. The molecule has 0 amide bonds. The Balaban J connectivity index is 1.20. The first kappa shape index (κ1) is 34.4. The lowest BCUT2D eigenvalue weighted by molar-refractivity contribution is 1.18. The van der Waals surface area contributed by atoms with E-state index in [0.29, 0.717) is 0 Å². The summed E-state index contributed by atoms with van der Waals surface area (Å²) < 4.78 is 2.38. The number of aromatic nitrogens is 1. The Hall–Kier alpha value is -7.88. The van der Waals surface area contributed by atoms with Crippen molar-refractivity contribution >= 4 is 77.5 Å². The third-order valence-corrected chi connectivity index (χ3v) is 11.5. The predicted molar refractivity (Wildman–Crippen MR) is 251 cm³/mol. The molecule has 3 nitrogen and oxygen atoms in total. The van der Waals surface area contributed by atoms with E-state index in [1.54, 1.807) is 0 Å². The molecule has 11 rings (SSSR count). The fourth-order valence-corrected chi connectivity index (χ4v) is 8.88. The van der Waals surface area contributed by atoms with Crippen LogP contribution in [-0.4, -0.2) is 4.57 Å². The molecule has 0 atom stereocenters. The van der Waals surface area contributed by atoms with E-state index in [4.69, 9.17) is 0 Å². The van der Waals surface area contributed by atoms with Gasteiger partial charge in [-0.05, 0) is 130 Å². The quantitative estimate of drug-likeness (QED) is 0.143. The molecule has 0 aliphatic rings. The maximum Gasteiger partial charge on any atom is 0.0542 e. The molecular formula is C56H39N3. The lowest BCUT2D eigenvalue weighted by atomic mass is 9.92. The molecule has 0 unspecified atom stereocenters. The molecule has 0 bridgehead atoms. The lowest BCUT2D eigenvalue weighted by Gasteiger charge is -2.30. The Morgan fingerprint density at radius 2 is 0.746 bits per heavy atom. The molecule has 10 aromatic carbocycles. The SMILES string of the molecule is c1ccc(N(c2ccccc2)c2cc(-c3cc4ccccc4c4ccccc34)cc(N(c3ccccc3)c3ccc4c(c3)c3ccccc3n4-c3ccccc3)c2)cc1. The van der Waals surface area contributed by atoms with Gasteiger partial charge in [-0.15, -0.1) is 0 Å².